The van der Waals surface area contributed by atoms with Crippen LogP contribution in [-0.2, 0) is 13.0 Å². The average molecular weight is 245 g/mol. The van der Waals surface area contributed by atoms with Crippen LogP contribution in [0.1, 0.15) is 45.6 Å². The second-order valence-corrected chi connectivity index (χ2v) is 5.21. The van der Waals surface area contributed by atoms with Crippen molar-refractivity contribution in [3.05, 3.63) is 23.8 Å². The fourth-order valence-electron chi connectivity index (χ4n) is 2.11. The van der Waals surface area contributed by atoms with Gasteiger partial charge in [0.05, 0.1) is 5.52 Å². The van der Waals surface area contributed by atoms with Gasteiger partial charge in [0, 0.05) is 6.54 Å². The van der Waals surface area contributed by atoms with Crippen LogP contribution in [0.5, 0.6) is 0 Å². The first-order valence-corrected chi connectivity index (χ1v) is 7.06. The number of aromatic nitrogens is 3. The van der Waals surface area contributed by atoms with Crippen LogP contribution >= 0.6 is 0 Å². The number of aryl methyl sites for hydroxylation is 1. The second kappa shape index (κ2) is 5.98. The maximum absolute atomic E-state index is 4.29. The van der Waals surface area contributed by atoms with E-state index in [1.54, 1.807) is 0 Å². The summed E-state index contributed by atoms with van der Waals surface area (Å²) in [6.45, 7) is 7.65. The fraction of sp³-hybridized carbons (Fsp3) is 0.600. The van der Waals surface area contributed by atoms with Crippen LogP contribution in [0.15, 0.2) is 18.2 Å². The number of rotatable bonds is 6. The standard InChI is InChI=1S/C15H23N3/c1-4-6-7-13-8-9-15-14(10-13)16-17-18(15)11-12(3)5-2/h8-10,12H,4-7,11H2,1-3H3. The van der Waals surface area contributed by atoms with E-state index in [2.05, 4.69) is 49.3 Å². The lowest BCUT2D eigenvalue weighted by atomic mass is 10.1. The smallest absolute Gasteiger partial charge is 0.113 e. The van der Waals surface area contributed by atoms with E-state index in [0.717, 1.165) is 24.0 Å². The number of hydrogen-bond donors (Lipinski definition) is 0. The normalized spacial score (nSPS) is 13.1. The van der Waals surface area contributed by atoms with Crippen molar-refractivity contribution in [3.8, 4) is 0 Å². The van der Waals surface area contributed by atoms with Gasteiger partial charge in [-0.05, 0) is 36.5 Å². The van der Waals surface area contributed by atoms with E-state index in [1.807, 2.05) is 4.68 Å². The van der Waals surface area contributed by atoms with Gasteiger partial charge in [-0.15, -0.1) is 5.10 Å². The van der Waals surface area contributed by atoms with Crippen LogP contribution in [0.4, 0.5) is 0 Å². The highest BCUT2D eigenvalue weighted by Gasteiger charge is 2.07. The molecule has 1 unspecified atom stereocenters. The first-order valence-electron chi connectivity index (χ1n) is 7.06. The molecule has 0 saturated heterocycles. The van der Waals surface area contributed by atoms with Crippen molar-refractivity contribution in [2.24, 2.45) is 5.92 Å². The Bertz CT molecular complexity index is 501. The van der Waals surface area contributed by atoms with Gasteiger partial charge in [0.25, 0.3) is 0 Å². The molecule has 0 aliphatic heterocycles. The lowest BCUT2D eigenvalue weighted by molar-refractivity contribution is 0.440. The van der Waals surface area contributed by atoms with E-state index in [9.17, 15) is 0 Å². The lowest BCUT2D eigenvalue weighted by Gasteiger charge is -2.08. The molecule has 1 aromatic heterocycles. The number of nitrogens with zero attached hydrogens (tertiary/aromatic N) is 3. The molecule has 18 heavy (non-hydrogen) atoms. The fourth-order valence-corrected chi connectivity index (χ4v) is 2.11. The van der Waals surface area contributed by atoms with E-state index in [1.165, 1.54) is 24.8 Å². The first kappa shape index (κ1) is 13.1. The Morgan fingerprint density at radius 3 is 2.83 bits per heavy atom. The Kier molecular flexibility index (Phi) is 4.34. The van der Waals surface area contributed by atoms with E-state index < -0.39 is 0 Å². The molecular weight excluding hydrogens is 222 g/mol. The third-order valence-corrected chi connectivity index (χ3v) is 3.58. The summed E-state index contributed by atoms with van der Waals surface area (Å²) < 4.78 is 2.03. The molecule has 0 saturated carbocycles. The zero-order valence-corrected chi connectivity index (χ0v) is 11.7. The Labute approximate surface area is 109 Å². The molecule has 0 bridgehead atoms. The van der Waals surface area contributed by atoms with Crippen molar-refractivity contribution in [1.29, 1.82) is 0 Å². The number of benzene rings is 1. The quantitative estimate of drug-likeness (QED) is 0.774. The molecule has 2 rings (SSSR count). The number of unbranched alkanes of at least 4 members (excludes halogenated alkanes) is 1. The number of fused-ring (bicyclic) bond motifs is 1. The minimum absolute atomic E-state index is 0.648. The van der Waals surface area contributed by atoms with Crippen molar-refractivity contribution in [3.63, 3.8) is 0 Å². The van der Waals surface area contributed by atoms with Gasteiger partial charge in [-0.2, -0.15) is 0 Å². The van der Waals surface area contributed by atoms with Crippen molar-refractivity contribution in [2.75, 3.05) is 0 Å². The van der Waals surface area contributed by atoms with Gasteiger partial charge in [0.2, 0.25) is 0 Å². The maximum atomic E-state index is 4.29. The van der Waals surface area contributed by atoms with Crippen LogP contribution in [0.25, 0.3) is 11.0 Å². The second-order valence-electron chi connectivity index (χ2n) is 5.21. The molecule has 3 heteroatoms. The molecular formula is C15H23N3. The van der Waals surface area contributed by atoms with Gasteiger partial charge in [0.1, 0.15) is 5.52 Å². The van der Waals surface area contributed by atoms with Crippen LogP contribution in [-0.4, -0.2) is 15.0 Å². The zero-order chi connectivity index (χ0) is 13.0. The third-order valence-electron chi connectivity index (χ3n) is 3.58. The third kappa shape index (κ3) is 2.89. The highest BCUT2D eigenvalue weighted by Crippen LogP contribution is 2.16. The summed E-state index contributed by atoms with van der Waals surface area (Å²) >= 11 is 0. The van der Waals surface area contributed by atoms with Crippen LogP contribution in [0.2, 0.25) is 0 Å². The van der Waals surface area contributed by atoms with Gasteiger partial charge in [-0.1, -0.05) is 44.9 Å². The molecule has 1 aromatic carbocycles. The minimum Gasteiger partial charge on any atom is -0.244 e. The maximum Gasteiger partial charge on any atom is 0.113 e. The first-order chi connectivity index (χ1) is 8.74. The van der Waals surface area contributed by atoms with Crippen molar-refractivity contribution < 1.29 is 0 Å². The molecule has 0 spiro atoms. The van der Waals surface area contributed by atoms with Gasteiger partial charge in [-0.25, -0.2) is 4.68 Å². The monoisotopic (exact) mass is 245 g/mol. The molecule has 0 aliphatic rings. The summed E-state index contributed by atoms with van der Waals surface area (Å²) in [4.78, 5) is 0. The Morgan fingerprint density at radius 2 is 2.11 bits per heavy atom. The zero-order valence-electron chi connectivity index (χ0n) is 11.7. The predicted molar refractivity (Wildman–Crippen MR) is 75.6 cm³/mol. The summed E-state index contributed by atoms with van der Waals surface area (Å²) in [7, 11) is 0. The Balaban J connectivity index is 2.20. The summed E-state index contributed by atoms with van der Waals surface area (Å²) in [5.74, 6) is 0.648. The van der Waals surface area contributed by atoms with Crippen LogP contribution in [0.3, 0.4) is 0 Å². The van der Waals surface area contributed by atoms with Gasteiger partial charge >= 0.3 is 0 Å². The van der Waals surface area contributed by atoms with E-state index in [-0.39, 0.29) is 0 Å². The van der Waals surface area contributed by atoms with Crippen molar-refractivity contribution >= 4 is 11.0 Å². The van der Waals surface area contributed by atoms with E-state index in [0.29, 0.717) is 5.92 Å². The Morgan fingerprint density at radius 1 is 1.28 bits per heavy atom. The molecule has 0 amide bonds. The highest BCUT2D eigenvalue weighted by atomic mass is 15.4. The van der Waals surface area contributed by atoms with E-state index in [4.69, 9.17) is 0 Å². The van der Waals surface area contributed by atoms with E-state index >= 15 is 0 Å². The molecule has 1 heterocycles. The van der Waals surface area contributed by atoms with Crippen LogP contribution < -0.4 is 0 Å². The summed E-state index contributed by atoms with van der Waals surface area (Å²) in [5.41, 5.74) is 3.57. The van der Waals surface area contributed by atoms with Gasteiger partial charge in [0.15, 0.2) is 0 Å². The van der Waals surface area contributed by atoms with Crippen molar-refractivity contribution in [2.45, 2.75) is 53.0 Å². The Hall–Kier alpha value is -1.38. The predicted octanol–water partition coefficient (Wildman–Crippen LogP) is 3.82. The summed E-state index contributed by atoms with van der Waals surface area (Å²) in [6.07, 6.45) is 4.80. The summed E-state index contributed by atoms with van der Waals surface area (Å²) in [5, 5.41) is 8.56. The summed E-state index contributed by atoms with van der Waals surface area (Å²) in [6, 6.07) is 6.57. The largest absolute Gasteiger partial charge is 0.244 e. The molecule has 3 nitrogen and oxygen atoms in total. The molecule has 0 radical (unpaired) electrons. The lowest BCUT2D eigenvalue weighted by Crippen LogP contribution is -2.08. The topological polar surface area (TPSA) is 30.7 Å². The van der Waals surface area contributed by atoms with Gasteiger partial charge in [-0.3, -0.25) is 0 Å². The van der Waals surface area contributed by atoms with Crippen LogP contribution in [0, 0.1) is 5.92 Å². The SMILES string of the molecule is CCCCc1ccc2c(c1)nnn2CC(C)CC. The highest BCUT2D eigenvalue weighted by molar-refractivity contribution is 5.75. The molecule has 0 aliphatic carbocycles. The number of hydrogen-bond acceptors (Lipinski definition) is 2. The van der Waals surface area contributed by atoms with Gasteiger partial charge < -0.3 is 0 Å². The molecule has 98 valence electrons. The molecule has 0 fully saturated rings. The van der Waals surface area contributed by atoms with Crippen molar-refractivity contribution in [1.82, 2.24) is 15.0 Å². The molecule has 1 atom stereocenters. The average Bonchev–Trinajstić information content (AvgIpc) is 2.78. The molecule has 2 aromatic rings. The molecule has 0 N–H and O–H groups in total. The minimum atomic E-state index is 0.648.